The largest absolute Gasteiger partial charge is 0.369 e. The quantitative estimate of drug-likeness (QED) is 0.715. The third-order valence-corrected chi connectivity index (χ3v) is 2.48. The molecule has 0 aromatic heterocycles. The van der Waals surface area contributed by atoms with Gasteiger partial charge in [0.25, 0.3) is 0 Å². The Hall–Kier alpha value is -1.53. The van der Waals surface area contributed by atoms with Crippen molar-refractivity contribution in [1.82, 2.24) is 5.32 Å². The van der Waals surface area contributed by atoms with E-state index in [0.29, 0.717) is 0 Å². The van der Waals surface area contributed by atoms with Gasteiger partial charge in [0.15, 0.2) is 0 Å². The summed E-state index contributed by atoms with van der Waals surface area (Å²) in [7, 11) is 0. The fraction of sp³-hybridized carbons (Fsp3) is 0.364. The Labute approximate surface area is 84.0 Å². The highest BCUT2D eigenvalue weighted by molar-refractivity contribution is 5.49. The van der Waals surface area contributed by atoms with Crippen molar-refractivity contribution in [2.24, 2.45) is 0 Å². The first-order valence-electron chi connectivity index (χ1n) is 4.86. The summed E-state index contributed by atoms with van der Waals surface area (Å²) < 4.78 is 0. The second kappa shape index (κ2) is 4.12. The van der Waals surface area contributed by atoms with Crippen molar-refractivity contribution in [2.75, 3.05) is 31.1 Å². The summed E-state index contributed by atoms with van der Waals surface area (Å²) in [6, 6.07) is 9.91. The lowest BCUT2D eigenvalue weighted by molar-refractivity contribution is 0.589. The molecule has 1 aromatic carbocycles. The minimum absolute atomic E-state index is 0.726. The van der Waals surface area contributed by atoms with Gasteiger partial charge >= 0.3 is 0 Å². The minimum Gasteiger partial charge on any atom is -0.369 e. The number of hydrogen-bond donors (Lipinski definition) is 1. The van der Waals surface area contributed by atoms with Crippen LogP contribution < -0.4 is 10.2 Å². The van der Waals surface area contributed by atoms with Gasteiger partial charge in [-0.05, 0) is 24.3 Å². The van der Waals surface area contributed by atoms with Crippen LogP contribution in [-0.4, -0.2) is 26.2 Å². The Morgan fingerprint density at radius 1 is 1.14 bits per heavy atom. The van der Waals surface area contributed by atoms with E-state index >= 15 is 0 Å². The third-order valence-electron chi connectivity index (χ3n) is 2.48. The summed E-state index contributed by atoms with van der Waals surface area (Å²) in [5, 5.41) is 12.0. The second-order valence-electron chi connectivity index (χ2n) is 3.40. The zero-order valence-corrected chi connectivity index (χ0v) is 8.03. The van der Waals surface area contributed by atoms with Crippen molar-refractivity contribution in [1.29, 1.82) is 5.26 Å². The maximum absolute atomic E-state index is 8.67. The Bertz CT molecular complexity index is 331. The Balaban J connectivity index is 2.12. The van der Waals surface area contributed by atoms with Crippen LogP contribution in [0.3, 0.4) is 0 Å². The lowest BCUT2D eigenvalue weighted by Gasteiger charge is -2.29. The molecule has 1 saturated heterocycles. The fourth-order valence-electron chi connectivity index (χ4n) is 1.67. The van der Waals surface area contributed by atoms with Crippen LogP contribution in [0.1, 0.15) is 5.56 Å². The van der Waals surface area contributed by atoms with E-state index in [9.17, 15) is 0 Å². The lowest BCUT2D eigenvalue weighted by atomic mass is 10.2. The smallest absolute Gasteiger partial charge is 0.0991 e. The molecule has 3 heteroatoms. The van der Waals surface area contributed by atoms with Crippen LogP contribution >= 0.6 is 0 Å². The topological polar surface area (TPSA) is 39.1 Å². The first-order chi connectivity index (χ1) is 6.90. The Kier molecular flexibility index (Phi) is 2.66. The van der Waals surface area contributed by atoms with Crippen LogP contribution in [0.5, 0.6) is 0 Å². The van der Waals surface area contributed by atoms with Gasteiger partial charge in [0.2, 0.25) is 0 Å². The molecule has 1 aromatic rings. The number of nitrogens with one attached hydrogen (secondary N) is 1. The van der Waals surface area contributed by atoms with Gasteiger partial charge in [-0.15, -0.1) is 0 Å². The minimum atomic E-state index is 0.726. The molecule has 1 heterocycles. The van der Waals surface area contributed by atoms with Crippen LogP contribution in [-0.2, 0) is 0 Å². The maximum Gasteiger partial charge on any atom is 0.0991 e. The van der Waals surface area contributed by atoms with Crippen molar-refractivity contribution in [3.8, 4) is 6.07 Å². The predicted molar refractivity (Wildman–Crippen MR) is 56.2 cm³/mol. The van der Waals surface area contributed by atoms with E-state index in [2.05, 4.69) is 16.3 Å². The average Bonchev–Trinajstić information content (AvgIpc) is 2.30. The molecular formula is C11H13N3. The molecule has 0 radical (unpaired) electrons. The third kappa shape index (κ3) is 1.86. The lowest BCUT2D eigenvalue weighted by Crippen LogP contribution is -2.43. The van der Waals surface area contributed by atoms with E-state index in [1.165, 1.54) is 5.69 Å². The van der Waals surface area contributed by atoms with Crippen LogP contribution in [0.25, 0.3) is 0 Å². The normalized spacial score (nSPS) is 16.4. The molecule has 0 unspecified atom stereocenters. The van der Waals surface area contributed by atoms with E-state index < -0.39 is 0 Å². The van der Waals surface area contributed by atoms with Crippen LogP contribution in [0.15, 0.2) is 24.3 Å². The van der Waals surface area contributed by atoms with Gasteiger partial charge < -0.3 is 10.2 Å². The molecule has 1 N–H and O–H groups in total. The van der Waals surface area contributed by atoms with Crippen LogP contribution in [0, 0.1) is 11.3 Å². The van der Waals surface area contributed by atoms with E-state index in [4.69, 9.17) is 5.26 Å². The summed E-state index contributed by atoms with van der Waals surface area (Å²) in [5.74, 6) is 0. The number of hydrogen-bond acceptors (Lipinski definition) is 3. The van der Waals surface area contributed by atoms with E-state index in [1.54, 1.807) is 0 Å². The molecule has 2 rings (SSSR count). The Morgan fingerprint density at radius 3 is 2.36 bits per heavy atom. The number of piperazine rings is 1. The molecule has 14 heavy (non-hydrogen) atoms. The highest BCUT2D eigenvalue weighted by atomic mass is 15.2. The van der Waals surface area contributed by atoms with E-state index in [0.717, 1.165) is 31.7 Å². The first-order valence-corrected chi connectivity index (χ1v) is 4.86. The molecule has 72 valence electrons. The molecular weight excluding hydrogens is 176 g/mol. The number of nitrogens with zero attached hydrogens (tertiary/aromatic N) is 2. The summed E-state index contributed by atoms with van der Waals surface area (Å²) in [6.07, 6.45) is 0. The molecule has 0 spiro atoms. The molecule has 0 atom stereocenters. The molecule has 0 bridgehead atoms. The number of anilines is 1. The number of nitriles is 1. The number of benzene rings is 1. The summed E-state index contributed by atoms with van der Waals surface area (Å²) in [4.78, 5) is 2.33. The average molecular weight is 189 g/mol. The first kappa shape index (κ1) is 9.04. The van der Waals surface area contributed by atoms with Crippen molar-refractivity contribution in [3.63, 3.8) is 0 Å². The van der Waals surface area contributed by atoms with Gasteiger partial charge in [0.1, 0.15) is 0 Å². The van der Waals surface area contributed by atoms with Gasteiger partial charge in [0, 0.05) is 31.9 Å². The second-order valence-corrected chi connectivity index (χ2v) is 3.40. The SMILES string of the molecule is N#[14C]c1ccc(N2CCNCC2)cc1. The number of rotatable bonds is 1. The van der Waals surface area contributed by atoms with Crippen LogP contribution in [0.2, 0.25) is 0 Å². The van der Waals surface area contributed by atoms with Gasteiger partial charge in [-0.1, -0.05) is 0 Å². The van der Waals surface area contributed by atoms with Crippen molar-refractivity contribution < 1.29 is 0 Å². The van der Waals surface area contributed by atoms with Crippen molar-refractivity contribution >= 4 is 5.69 Å². The van der Waals surface area contributed by atoms with E-state index in [1.807, 2.05) is 24.3 Å². The molecule has 1 fully saturated rings. The highest BCUT2D eigenvalue weighted by Gasteiger charge is 2.09. The van der Waals surface area contributed by atoms with Gasteiger partial charge in [-0.25, -0.2) is 0 Å². The molecule has 0 aliphatic carbocycles. The standard InChI is InChI=1S/C11H13N3/c12-9-10-1-3-11(4-2-10)14-7-5-13-6-8-14/h1-4,13H,5-8H2/i9+2. The van der Waals surface area contributed by atoms with Crippen molar-refractivity contribution in [3.05, 3.63) is 29.8 Å². The fourth-order valence-corrected chi connectivity index (χ4v) is 1.67. The molecule has 3 nitrogen and oxygen atoms in total. The van der Waals surface area contributed by atoms with Gasteiger partial charge in [-0.2, -0.15) is 5.26 Å². The predicted octanol–water partition coefficient (Wildman–Crippen LogP) is 0.968. The summed E-state index contributed by atoms with van der Waals surface area (Å²) in [6.45, 7) is 4.18. The molecule has 1 aliphatic heterocycles. The van der Waals surface area contributed by atoms with Gasteiger partial charge in [-0.3, -0.25) is 0 Å². The zero-order valence-electron chi connectivity index (χ0n) is 8.03. The van der Waals surface area contributed by atoms with E-state index in [-0.39, 0.29) is 0 Å². The zero-order chi connectivity index (χ0) is 9.80. The molecule has 1 aliphatic rings. The summed E-state index contributed by atoms with van der Waals surface area (Å²) in [5.41, 5.74) is 1.94. The van der Waals surface area contributed by atoms with Gasteiger partial charge in [0.05, 0.1) is 11.6 Å². The maximum atomic E-state index is 8.67. The molecule has 0 saturated carbocycles. The Morgan fingerprint density at radius 2 is 1.79 bits per heavy atom. The summed E-state index contributed by atoms with van der Waals surface area (Å²) >= 11 is 0. The highest BCUT2D eigenvalue weighted by Crippen LogP contribution is 2.15. The monoisotopic (exact) mass is 189 g/mol. The molecule has 0 amide bonds. The van der Waals surface area contributed by atoms with Crippen molar-refractivity contribution in [2.45, 2.75) is 0 Å². The van der Waals surface area contributed by atoms with Crippen LogP contribution in [0.4, 0.5) is 5.69 Å².